The second-order valence-corrected chi connectivity index (χ2v) is 9.63. The SMILES string of the molecule is Cc1c(F)cc(-c2cn(C3C(O)[C@@H](Sc4cc(Br)cnc4C#N)OC(CO)[C@@H]3O)nn2)cc1F. The van der Waals surface area contributed by atoms with Gasteiger partial charge >= 0.3 is 0 Å². The van der Waals surface area contributed by atoms with Crippen molar-refractivity contribution in [1.82, 2.24) is 20.0 Å². The lowest BCUT2D eigenvalue weighted by atomic mass is 9.97. The Morgan fingerprint density at radius 2 is 1.94 bits per heavy atom. The molecule has 0 radical (unpaired) electrons. The summed E-state index contributed by atoms with van der Waals surface area (Å²) in [7, 11) is 0. The number of ether oxygens (including phenoxy) is 1. The van der Waals surface area contributed by atoms with Crippen molar-refractivity contribution in [2.45, 2.75) is 41.6 Å². The van der Waals surface area contributed by atoms with Gasteiger partial charge in [0.2, 0.25) is 0 Å². The van der Waals surface area contributed by atoms with Crippen LogP contribution in [0, 0.1) is 29.9 Å². The molecule has 1 aliphatic heterocycles. The molecule has 178 valence electrons. The Bertz CT molecular complexity index is 1230. The highest BCUT2D eigenvalue weighted by Crippen LogP contribution is 2.39. The summed E-state index contributed by atoms with van der Waals surface area (Å²) in [6.07, 6.45) is -1.04. The van der Waals surface area contributed by atoms with E-state index in [9.17, 15) is 29.4 Å². The Balaban J connectivity index is 1.66. The van der Waals surface area contributed by atoms with Gasteiger partial charge in [0.1, 0.15) is 53.2 Å². The van der Waals surface area contributed by atoms with E-state index >= 15 is 0 Å². The van der Waals surface area contributed by atoms with Crippen LogP contribution < -0.4 is 0 Å². The minimum absolute atomic E-state index is 0.110. The van der Waals surface area contributed by atoms with E-state index in [0.29, 0.717) is 9.37 Å². The average Bonchev–Trinajstić information content (AvgIpc) is 3.29. The Morgan fingerprint density at radius 3 is 2.59 bits per heavy atom. The molecule has 1 fully saturated rings. The number of hydrogen-bond donors (Lipinski definition) is 3. The van der Waals surface area contributed by atoms with Crippen LogP contribution >= 0.6 is 27.7 Å². The number of halogens is 3. The van der Waals surface area contributed by atoms with Gasteiger partial charge in [-0.05, 0) is 41.1 Å². The molecule has 5 atom stereocenters. The quantitative estimate of drug-likeness (QED) is 0.434. The molecule has 0 amide bonds. The molecule has 4 rings (SSSR count). The Morgan fingerprint density at radius 1 is 1.24 bits per heavy atom. The lowest BCUT2D eigenvalue weighted by molar-refractivity contribution is -0.178. The fraction of sp³-hybridized carbons (Fsp3) is 0.333. The van der Waals surface area contributed by atoms with Crippen LogP contribution in [0.4, 0.5) is 8.78 Å². The van der Waals surface area contributed by atoms with Crippen molar-refractivity contribution in [2.75, 3.05) is 6.61 Å². The number of aromatic nitrogens is 4. The molecular weight excluding hydrogens is 536 g/mol. The molecule has 0 spiro atoms. The maximum atomic E-state index is 14.0. The third-order valence-electron chi connectivity index (χ3n) is 5.41. The summed E-state index contributed by atoms with van der Waals surface area (Å²) in [4.78, 5) is 4.44. The zero-order valence-corrected chi connectivity index (χ0v) is 19.9. The largest absolute Gasteiger partial charge is 0.394 e. The fourth-order valence-corrected chi connectivity index (χ4v) is 5.18. The van der Waals surface area contributed by atoms with Crippen LogP contribution in [-0.4, -0.2) is 65.7 Å². The summed E-state index contributed by atoms with van der Waals surface area (Å²) in [5, 5.41) is 48.7. The number of thioether (sulfide) groups is 1. The van der Waals surface area contributed by atoms with Crippen LogP contribution in [0.5, 0.6) is 0 Å². The smallest absolute Gasteiger partial charge is 0.154 e. The Labute approximate surface area is 205 Å². The second kappa shape index (κ2) is 10.0. The van der Waals surface area contributed by atoms with Crippen molar-refractivity contribution in [1.29, 1.82) is 5.26 Å². The highest BCUT2D eigenvalue weighted by atomic mass is 79.9. The van der Waals surface area contributed by atoms with E-state index in [2.05, 4.69) is 31.2 Å². The number of pyridine rings is 1. The second-order valence-electron chi connectivity index (χ2n) is 7.58. The summed E-state index contributed by atoms with van der Waals surface area (Å²) in [5.74, 6) is -1.49. The molecule has 0 aliphatic carbocycles. The molecule has 0 saturated carbocycles. The van der Waals surface area contributed by atoms with Crippen LogP contribution in [0.2, 0.25) is 0 Å². The predicted octanol–water partition coefficient (Wildman–Crippen LogP) is 2.33. The maximum Gasteiger partial charge on any atom is 0.154 e. The zero-order valence-electron chi connectivity index (χ0n) is 17.5. The van der Waals surface area contributed by atoms with Gasteiger partial charge in [0.25, 0.3) is 0 Å². The molecule has 3 unspecified atom stereocenters. The van der Waals surface area contributed by atoms with Gasteiger partial charge in [-0.25, -0.2) is 18.4 Å². The molecule has 3 N–H and O–H groups in total. The van der Waals surface area contributed by atoms with Gasteiger partial charge in [-0.2, -0.15) is 5.26 Å². The summed E-state index contributed by atoms with van der Waals surface area (Å²) in [6, 6.07) is 4.71. The summed E-state index contributed by atoms with van der Waals surface area (Å²) in [6.45, 7) is 0.755. The summed E-state index contributed by atoms with van der Waals surface area (Å²) in [5.41, 5.74) is -0.784. The van der Waals surface area contributed by atoms with Crippen molar-refractivity contribution in [2.24, 2.45) is 0 Å². The third-order valence-corrected chi connectivity index (χ3v) is 7.03. The molecule has 1 aromatic carbocycles. The number of rotatable bonds is 5. The molecule has 1 saturated heterocycles. The molecule has 2 aromatic heterocycles. The standard InChI is InChI=1S/C21H18BrF2N5O4S/c1-9-12(23)2-10(3-13(9)24)15-7-29(28-27-15)18-19(31)16(8-30)33-21(20(18)32)34-17-4-11(22)6-26-14(17)5-25/h2-4,6-7,16,18-21,30-32H,8H2,1H3/t16?,18?,19-,20?,21+/m0/s1. The highest BCUT2D eigenvalue weighted by molar-refractivity contribution is 9.10. The lowest BCUT2D eigenvalue weighted by Gasteiger charge is -2.41. The Kier molecular flexibility index (Phi) is 7.27. The molecule has 9 nitrogen and oxygen atoms in total. The van der Waals surface area contributed by atoms with Gasteiger partial charge in [-0.3, -0.25) is 0 Å². The van der Waals surface area contributed by atoms with E-state index in [0.717, 1.165) is 23.9 Å². The predicted molar refractivity (Wildman–Crippen MR) is 119 cm³/mol. The number of hydrogen-bond acceptors (Lipinski definition) is 9. The molecule has 13 heteroatoms. The first-order chi connectivity index (χ1) is 16.2. The first-order valence-electron chi connectivity index (χ1n) is 9.96. The molecule has 3 aromatic rings. The van der Waals surface area contributed by atoms with Crippen LogP contribution in [0.1, 0.15) is 17.3 Å². The molecule has 34 heavy (non-hydrogen) atoms. The first kappa shape index (κ1) is 24.6. The van der Waals surface area contributed by atoms with Gasteiger partial charge in [0.15, 0.2) is 5.69 Å². The Hall–Kier alpha value is -2.47. The van der Waals surface area contributed by atoms with Crippen molar-refractivity contribution in [3.63, 3.8) is 0 Å². The van der Waals surface area contributed by atoms with Crippen molar-refractivity contribution in [3.05, 3.63) is 58.0 Å². The maximum absolute atomic E-state index is 14.0. The first-order valence-corrected chi connectivity index (χ1v) is 11.6. The van der Waals surface area contributed by atoms with Crippen molar-refractivity contribution >= 4 is 27.7 Å². The minimum Gasteiger partial charge on any atom is -0.394 e. The minimum atomic E-state index is -1.38. The molecule has 0 bridgehead atoms. The van der Waals surface area contributed by atoms with E-state index in [4.69, 9.17) is 4.74 Å². The zero-order chi connectivity index (χ0) is 24.6. The highest BCUT2D eigenvalue weighted by Gasteiger charge is 2.46. The molecule has 3 heterocycles. The van der Waals surface area contributed by atoms with E-state index in [1.54, 1.807) is 6.07 Å². The number of nitriles is 1. The normalized spacial score (nSPS) is 24.7. The number of aliphatic hydroxyl groups excluding tert-OH is 3. The summed E-state index contributed by atoms with van der Waals surface area (Å²) >= 11 is 4.28. The van der Waals surface area contributed by atoms with Crippen molar-refractivity contribution in [3.8, 4) is 17.3 Å². The number of benzene rings is 1. The summed E-state index contributed by atoms with van der Waals surface area (Å²) < 4.78 is 35.5. The van der Waals surface area contributed by atoms with Gasteiger partial charge < -0.3 is 20.1 Å². The van der Waals surface area contributed by atoms with Gasteiger partial charge in [0.05, 0.1) is 12.8 Å². The van der Waals surface area contributed by atoms with Crippen LogP contribution in [-0.2, 0) is 4.74 Å². The number of aliphatic hydroxyl groups is 3. The van der Waals surface area contributed by atoms with Gasteiger partial charge in [-0.15, -0.1) is 5.10 Å². The fourth-order valence-electron chi connectivity index (χ4n) is 3.55. The monoisotopic (exact) mass is 553 g/mol. The number of nitrogens with zero attached hydrogens (tertiary/aromatic N) is 5. The van der Waals surface area contributed by atoms with E-state index in [1.165, 1.54) is 24.0 Å². The third kappa shape index (κ3) is 4.70. The molecule has 1 aliphatic rings. The van der Waals surface area contributed by atoms with Crippen molar-refractivity contribution < 1.29 is 28.8 Å². The van der Waals surface area contributed by atoms with Crippen LogP contribution in [0.25, 0.3) is 11.3 Å². The van der Waals surface area contributed by atoms with Gasteiger partial charge in [0, 0.05) is 26.7 Å². The van der Waals surface area contributed by atoms with E-state index in [-0.39, 0.29) is 22.5 Å². The van der Waals surface area contributed by atoms with Gasteiger partial charge in [-0.1, -0.05) is 17.0 Å². The molecular formula is C21H18BrF2N5O4S. The average molecular weight is 554 g/mol. The van der Waals surface area contributed by atoms with Crippen LogP contribution in [0.3, 0.4) is 0 Å². The topological polar surface area (TPSA) is 137 Å². The van der Waals surface area contributed by atoms with E-state index < -0.39 is 48.0 Å². The lowest BCUT2D eigenvalue weighted by Crippen LogP contribution is -2.55. The van der Waals surface area contributed by atoms with E-state index in [1.807, 2.05) is 6.07 Å². The van der Waals surface area contributed by atoms with Crippen LogP contribution in [0.15, 0.2) is 40.0 Å².